The molecule has 2 aromatic rings. The summed E-state index contributed by atoms with van der Waals surface area (Å²) in [5.41, 5.74) is 1.91. The van der Waals surface area contributed by atoms with Gasteiger partial charge in [0.15, 0.2) is 5.78 Å². The molecule has 0 aliphatic rings. The number of ketones is 1. The van der Waals surface area contributed by atoms with Gasteiger partial charge in [-0.1, -0.05) is 12.1 Å². The van der Waals surface area contributed by atoms with Gasteiger partial charge in [0.05, 0.1) is 6.33 Å². The maximum absolute atomic E-state index is 11.2. The standard InChI is InChI=1S/C13H14N2OS.C2H2O4/c1-10(16)11-3-2-4-13(7-11)17-6-5-12-8-14-9-15-12;3-1(4)2(5)6/h2-4,7-9H,5-6H2,1H3,(H,14,15);(H,3,4)(H,5,6). The third kappa shape index (κ3) is 7.28. The molecule has 0 saturated heterocycles. The Balaban J connectivity index is 0.000000379. The Labute approximate surface area is 136 Å². The normalized spacial score (nSPS) is 9.61. The predicted molar refractivity (Wildman–Crippen MR) is 84.7 cm³/mol. The Morgan fingerprint density at radius 1 is 1.22 bits per heavy atom. The molecule has 7 nitrogen and oxygen atoms in total. The Kier molecular flexibility index (Phi) is 7.55. The van der Waals surface area contributed by atoms with E-state index < -0.39 is 11.9 Å². The summed E-state index contributed by atoms with van der Waals surface area (Å²) >= 11 is 1.75. The van der Waals surface area contributed by atoms with Crippen molar-refractivity contribution in [3.63, 3.8) is 0 Å². The molecule has 0 radical (unpaired) electrons. The largest absolute Gasteiger partial charge is 0.473 e. The number of carboxylic acid groups (broad SMARTS) is 2. The predicted octanol–water partition coefficient (Wildman–Crippen LogP) is 2.10. The minimum Gasteiger partial charge on any atom is -0.473 e. The summed E-state index contributed by atoms with van der Waals surface area (Å²) < 4.78 is 0. The minimum absolute atomic E-state index is 0.112. The van der Waals surface area contributed by atoms with Crippen LogP contribution in [0.5, 0.6) is 0 Å². The lowest BCUT2D eigenvalue weighted by molar-refractivity contribution is -0.159. The van der Waals surface area contributed by atoms with Gasteiger partial charge in [-0.3, -0.25) is 4.79 Å². The average molecular weight is 336 g/mol. The van der Waals surface area contributed by atoms with Crippen molar-refractivity contribution >= 4 is 29.5 Å². The molecular weight excluding hydrogens is 320 g/mol. The van der Waals surface area contributed by atoms with Crippen LogP contribution < -0.4 is 0 Å². The molecule has 0 bridgehead atoms. The molecule has 1 aromatic carbocycles. The van der Waals surface area contributed by atoms with Crippen molar-refractivity contribution in [2.75, 3.05) is 5.75 Å². The summed E-state index contributed by atoms with van der Waals surface area (Å²) in [6.07, 6.45) is 4.48. The maximum Gasteiger partial charge on any atom is 0.414 e. The van der Waals surface area contributed by atoms with E-state index in [9.17, 15) is 4.79 Å². The van der Waals surface area contributed by atoms with Crippen LogP contribution in [0.2, 0.25) is 0 Å². The number of carboxylic acids is 2. The highest BCUT2D eigenvalue weighted by Gasteiger charge is 2.04. The van der Waals surface area contributed by atoms with Crippen molar-refractivity contribution in [3.8, 4) is 0 Å². The van der Waals surface area contributed by atoms with Gasteiger partial charge in [-0.2, -0.15) is 0 Å². The number of aliphatic carboxylic acids is 2. The zero-order valence-electron chi connectivity index (χ0n) is 12.4. The van der Waals surface area contributed by atoms with Crippen molar-refractivity contribution in [3.05, 3.63) is 48.0 Å². The summed E-state index contributed by atoms with van der Waals surface area (Å²) in [6.45, 7) is 1.59. The van der Waals surface area contributed by atoms with Gasteiger partial charge in [0.25, 0.3) is 0 Å². The number of benzene rings is 1. The van der Waals surface area contributed by atoms with Gasteiger partial charge in [0.2, 0.25) is 0 Å². The third-order valence-electron chi connectivity index (χ3n) is 2.62. The van der Waals surface area contributed by atoms with E-state index in [-0.39, 0.29) is 5.78 Å². The molecule has 1 heterocycles. The number of nitrogens with one attached hydrogen (secondary N) is 1. The van der Waals surface area contributed by atoms with Crippen LogP contribution in [0.1, 0.15) is 23.0 Å². The van der Waals surface area contributed by atoms with Gasteiger partial charge < -0.3 is 15.2 Å². The van der Waals surface area contributed by atoms with Crippen LogP contribution in [0.15, 0.2) is 41.7 Å². The number of aromatic amines is 1. The molecule has 0 saturated carbocycles. The zero-order chi connectivity index (χ0) is 17.2. The van der Waals surface area contributed by atoms with Crippen LogP contribution >= 0.6 is 11.8 Å². The van der Waals surface area contributed by atoms with Crippen molar-refractivity contribution in [1.82, 2.24) is 9.97 Å². The van der Waals surface area contributed by atoms with Crippen LogP contribution in [-0.2, 0) is 16.0 Å². The van der Waals surface area contributed by atoms with Crippen molar-refractivity contribution in [2.24, 2.45) is 0 Å². The van der Waals surface area contributed by atoms with E-state index in [0.717, 1.165) is 28.3 Å². The number of H-pyrrole nitrogens is 1. The fraction of sp³-hybridized carbons (Fsp3) is 0.200. The summed E-state index contributed by atoms with van der Waals surface area (Å²) in [5.74, 6) is -2.56. The molecular formula is C15H16N2O5S. The van der Waals surface area contributed by atoms with E-state index in [0.29, 0.717) is 0 Å². The van der Waals surface area contributed by atoms with E-state index in [1.807, 2.05) is 30.5 Å². The lowest BCUT2D eigenvalue weighted by Gasteiger charge is -2.02. The number of rotatable bonds is 5. The van der Waals surface area contributed by atoms with Crippen molar-refractivity contribution in [2.45, 2.75) is 18.2 Å². The molecule has 23 heavy (non-hydrogen) atoms. The van der Waals surface area contributed by atoms with Gasteiger partial charge in [0.1, 0.15) is 0 Å². The van der Waals surface area contributed by atoms with Gasteiger partial charge in [0, 0.05) is 28.1 Å². The first kappa shape index (κ1) is 18.4. The quantitative estimate of drug-likeness (QED) is 0.434. The van der Waals surface area contributed by atoms with Crippen molar-refractivity contribution < 1.29 is 24.6 Å². The molecule has 0 fully saturated rings. The van der Waals surface area contributed by atoms with E-state index in [1.165, 1.54) is 0 Å². The van der Waals surface area contributed by atoms with Crippen LogP contribution in [-0.4, -0.2) is 43.7 Å². The molecule has 0 unspecified atom stereocenters. The number of Topliss-reactive ketones (excluding diaryl/α,β-unsaturated/α-hetero) is 1. The second kappa shape index (κ2) is 9.42. The van der Waals surface area contributed by atoms with Gasteiger partial charge in [-0.15, -0.1) is 11.8 Å². The number of hydrogen-bond donors (Lipinski definition) is 3. The molecule has 3 N–H and O–H groups in total. The third-order valence-corrected chi connectivity index (χ3v) is 3.61. The van der Waals surface area contributed by atoms with Gasteiger partial charge >= 0.3 is 11.9 Å². The number of imidazole rings is 1. The number of thioether (sulfide) groups is 1. The minimum atomic E-state index is -1.82. The first-order valence-corrected chi connectivity index (χ1v) is 7.56. The monoisotopic (exact) mass is 336 g/mol. The van der Waals surface area contributed by atoms with Gasteiger partial charge in [-0.25, -0.2) is 14.6 Å². The van der Waals surface area contributed by atoms with Gasteiger partial charge in [-0.05, 0) is 25.5 Å². The highest BCUT2D eigenvalue weighted by Crippen LogP contribution is 2.20. The fourth-order valence-electron chi connectivity index (χ4n) is 1.51. The molecule has 0 atom stereocenters. The highest BCUT2D eigenvalue weighted by molar-refractivity contribution is 7.99. The molecule has 0 amide bonds. The SMILES string of the molecule is CC(=O)c1cccc(SCCc2cnc[nH]2)c1.O=C(O)C(=O)O. The number of carbonyl (C=O) groups excluding carboxylic acids is 1. The number of aromatic nitrogens is 2. The Bertz CT molecular complexity index is 658. The Hall–Kier alpha value is -2.61. The maximum atomic E-state index is 11.2. The Morgan fingerprint density at radius 3 is 2.43 bits per heavy atom. The fourth-order valence-corrected chi connectivity index (χ4v) is 2.45. The molecule has 2 rings (SSSR count). The molecule has 0 aliphatic heterocycles. The first-order valence-electron chi connectivity index (χ1n) is 6.57. The van der Waals surface area contributed by atoms with Crippen LogP contribution in [0.4, 0.5) is 0 Å². The number of hydrogen-bond acceptors (Lipinski definition) is 5. The Morgan fingerprint density at radius 2 is 1.91 bits per heavy atom. The molecule has 1 aromatic heterocycles. The van der Waals surface area contributed by atoms with E-state index in [2.05, 4.69) is 9.97 Å². The highest BCUT2D eigenvalue weighted by atomic mass is 32.2. The van der Waals surface area contributed by atoms with E-state index >= 15 is 0 Å². The van der Waals surface area contributed by atoms with Crippen molar-refractivity contribution in [1.29, 1.82) is 0 Å². The van der Waals surface area contributed by atoms with E-state index in [4.69, 9.17) is 19.8 Å². The molecule has 0 spiro atoms. The lowest BCUT2D eigenvalue weighted by atomic mass is 10.2. The summed E-state index contributed by atoms with van der Waals surface area (Å²) in [7, 11) is 0. The summed E-state index contributed by atoms with van der Waals surface area (Å²) in [6, 6.07) is 7.75. The second-order valence-corrected chi connectivity index (χ2v) is 5.54. The lowest BCUT2D eigenvalue weighted by Crippen LogP contribution is -2.09. The zero-order valence-corrected chi connectivity index (χ0v) is 13.2. The number of nitrogens with zero attached hydrogens (tertiary/aromatic N) is 1. The molecule has 122 valence electrons. The van der Waals surface area contributed by atoms with E-state index in [1.54, 1.807) is 25.0 Å². The smallest absolute Gasteiger partial charge is 0.414 e. The summed E-state index contributed by atoms with van der Waals surface area (Å²) in [5, 5.41) is 14.8. The molecule has 0 aliphatic carbocycles. The van der Waals surface area contributed by atoms with Crippen LogP contribution in [0, 0.1) is 0 Å². The van der Waals surface area contributed by atoms with Crippen LogP contribution in [0.3, 0.4) is 0 Å². The topological polar surface area (TPSA) is 120 Å². The molecule has 8 heteroatoms. The first-order chi connectivity index (χ1) is 10.9. The average Bonchev–Trinajstić information content (AvgIpc) is 3.01. The summed E-state index contributed by atoms with van der Waals surface area (Å²) in [4.78, 5) is 37.6. The number of carbonyl (C=O) groups is 3. The second-order valence-electron chi connectivity index (χ2n) is 4.37. The van der Waals surface area contributed by atoms with Crippen LogP contribution in [0.25, 0.3) is 0 Å². The number of aryl methyl sites for hydroxylation is 1.